The Morgan fingerprint density at radius 2 is 1.90 bits per heavy atom. The minimum Gasteiger partial charge on any atom is -0.497 e. The lowest BCUT2D eigenvalue weighted by Crippen LogP contribution is -2.31. The Balaban J connectivity index is 1.38. The number of hydrogen-bond acceptors (Lipinski definition) is 5. The van der Waals surface area contributed by atoms with E-state index >= 15 is 0 Å². The van der Waals surface area contributed by atoms with Gasteiger partial charge in [0, 0.05) is 31.6 Å². The van der Waals surface area contributed by atoms with Gasteiger partial charge in [-0.3, -0.25) is 0 Å². The molecule has 0 amide bonds. The van der Waals surface area contributed by atoms with E-state index in [1.807, 2.05) is 12.1 Å². The second kappa shape index (κ2) is 7.74. The Morgan fingerprint density at radius 3 is 2.69 bits per heavy atom. The number of aromatic nitrogens is 2. The van der Waals surface area contributed by atoms with Crippen LogP contribution < -0.4 is 15.0 Å². The topological polar surface area (TPSA) is 50.3 Å². The van der Waals surface area contributed by atoms with Crippen LogP contribution in [0.3, 0.4) is 0 Å². The molecule has 2 aromatic carbocycles. The third kappa shape index (κ3) is 4.04. The zero-order valence-corrected chi connectivity index (χ0v) is 16.8. The van der Waals surface area contributed by atoms with Crippen molar-refractivity contribution >= 4 is 11.8 Å². The quantitative estimate of drug-likeness (QED) is 0.674. The summed E-state index contributed by atoms with van der Waals surface area (Å²) < 4.78 is 5.38. The summed E-state index contributed by atoms with van der Waals surface area (Å²) in [6.07, 6.45) is 3.47. The van der Waals surface area contributed by atoms with Gasteiger partial charge in [0.25, 0.3) is 0 Å². The molecule has 1 fully saturated rings. The molecule has 1 aliphatic heterocycles. The zero-order valence-electron chi connectivity index (χ0n) is 16.8. The maximum atomic E-state index is 5.38. The molecule has 5 nitrogen and oxygen atoms in total. The van der Waals surface area contributed by atoms with Crippen LogP contribution in [-0.4, -0.2) is 23.6 Å². The van der Waals surface area contributed by atoms with Crippen molar-refractivity contribution in [3.8, 4) is 5.75 Å². The Hall–Kier alpha value is -3.08. The molecule has 29 heavy (non-hydrogen) atoms. The van der Waals surface area contributed by atoms with Gasteiger partial charge in [0.2, 0.25) is 5.95 Å². The van der Waals surface area contributed by atoms with Crippen molar-refractivity contribution in [2.24, 2.45) is 0 Å². The fourth-order valence-corrected chi connectivity index (χ4v) is 3.91. The first-order chi connectivity index (χ1) is 14.3. The second-order valence-electron chi connectivity index (χ2n) is 7.89. The molecule has 1 N–H and O–H groups in total. The number of hydrogen-bond donors (Lipinski definition) is 1. The predicted molar refractivity (Wildman–Crippen MR) is 116 cm³/mol. The molecular formula is C24H26N4O. The molecule has 0 atom stereocenters. The number of rotatable bonds is 6. The minimum atomic E-state index is 0.593. The summed E-state index contributed by atoms with van der Waals surface area (Å²) in [6.45, 7) is 2.56. The monoisotopic (exact) mass is 386 g/mol. The average Bonchev–Trinajstić information content (AvgIpc) is 3.63. The van der Waals surface area contributed by atoms with Gasteiger partial charge in [0.05, 0.1) is 12.8 Å². The molecule has 5 heteroatoms. The molecule has 3 aromatic rings. The maximum absolute atomic E-state index is 5.38. The lowest BCUT2D eigenvalue weighted by molar-refractivity contribution is 0.413. The SMILES string of the molecule is COc1ccc2c(c1)CCN(c1cc(C3CC3)nc(NCc3ccccc3)n1)C2. The molecule has 148 valence electrons. The number of benzene rings is 2. The number of ether oxygens (including phenoxy) is 1. The van der Waals surface area contributed by atoms with Crippen LogP contribution in [0.15, 0.2) is 54.6 Å². The molecule has 2 heterocycles. The predicted octanol–water partition coefficient (Wildman–Crippen LogP) is 4.54. The first-order valence-corrected chi connectivity index (χ1v) is 10.4. The summed E-state index contributed by atoms with van der Waals surface area (Å²) >= 11 is 0. The van der Waals surface area contributed by atoms with E-state index in [1.54, 1.807) is 7.11 Å². The number of fused-ring (bicyclic) bond motifs is 1. The summed E-state index contributed by atoms with van der Waals surface area (Å²) in [5, 5.41) is 3.43. The fourth-order valence-electron chi connectivity index (χ4n) is 3.91. The van der Waals surface area contributed by atoms with Crippen molar-refractivity contribution in [2.45, 2.75) is 38.3 Å². The van der Waals surface area contributed by atoms with E-state index in [2.05, 4.69) is 52.7 Å². The standard InChI is InChI=1S/C24H26N4O/c1-29-21-10-9-20-16-28(12-11-19(20)13-21)23-14-22(18-7-8-18)26-24(27-23)25-15-17-5-3-2-4-6-17/h2-6,9-10,13-14,18H,7-8,11-12,15-16H2,1H3,(H,25,26,27). The van der Waals surface area contributed by atoms with Gasteiger partial charge in [-0.25, -0.2) is 4.98 Å². The van der Waals surface area contributed by atoms with Crippen molar-refractivity contribution in [3.05, 3.63) is 77.0 Å². The summed E-state index contributed by atoms with van der Waals surface area (Å²) in [6, 6.07) is 19.0. The lowest BCUT2D eigenvalue weighted by atomic mass is 9.99. The Kier molecular flexibility index (Phi) is 4.80. The summed E-state index contributed by atoms with van der Waals surface area (Å²) in [5.41, 5.74) is 5.13. The minimum absolute atomic E-state index is 0.593. The smallest absolute Gasteiger partial charge is 0.225 e. The summed E-state index contributed by atoms with van der Waals surface area (Å²) in [5.74, 6) is 3.28. The second-order valence-corrected chi connectivity index (χ2v) is 7.89. The number of anilines is 2. The number of methoxy groups -OCH3 is 1. The molecule has 1 saturated carbocycles. The molecule has 2 aliphatic rings. The average molecular weight is 386 g/mol. The van der Waals surface area contributed by atoms with Crippen LogP contribution in [-0.2, 0) is 19.5 Å². The molecule has 1 aromatic heterocycles. The third-order valence-electron chi connectivity index (χ3n) is 5.77. The zero-order chi connectivity index (χ0) is 19.6. The van der Waals surface area contributed by atoms with Gasteiger partial charge < -0.3 is 15.0 Å². The molecule has 0 bridgehead atoms. The molecule has 0 saturated heterocycles. The van der Waals surface area contributed by atoms with E-state index in [0.717, 1.165) is 43.6 Å². The van der Waals surface area contributed by atoms with Gasteiger partial charge in [-0.1, -0.05) is 36.4 Å². The van der Waals surface area contributed by atoms with E-state index < -0.39 is 0 Å². The van der Waals surface area contributed by atoms with Gasteiger partial charge >= 0.3 is 0 Å². The molecule has 0 unspecified atom stereocenters. The van der Waals surface area contributed by atoms with Crippen molar-refractivity contribution in [3.63, 3.8) is 0 Å². The highest BCUT2D eigenvalue weighted by molar-refractivity contribution is 5.50. The molecule has 5 rings (SSSR count). The van der Waals surface area contributed by atoms with Crippen LogP contribution >= 0.6 is 0 Å². The summed E-state index contributed by atoms with van der Waals surface area (Å²) in [4.78, 5) is 12.0. The van der Waals surface area contributed by atoms with Crippen LogP contribution in [0.4, 0.5) is 11.8 Å². The van der Waals surface area contributed by atoms with E-state index in [4.69, 9.17) is 14.7 Å². The highest BCUT2D eigenvalue weighted by Crippen LogP contribution is 2.40. The van der Waals surface area contributed by atoms with Crippen LogP contribution in [0.5, 0.6) is 5.75 Å². The Bertz CT molecular complexity index is 1000. The normalized spacial score (nSPS) is 15.7. The van der Waals surface area contributed by atoms with Crippen LogP contribution in [0, 0.1) is 0 Å². The Morgan fingerprint density at radius 1 is 1.03 bits per heavy atom. The Labute approximate surface area is 171 Å². The first-order valence-electron chi connectivity index (χ1n) is 10.4. The van der Waals surface area contributed by atoms with Crippen LogP contribution in [0.1, 0.15) is 41.1 Å². The molecule has 0 spiro atoms. The van der Waals surface area contributed by atoms with Gasteiger partial charge in [-0.15, -0.1) is 0 Å². The van der Waals surface area contributed by atoms with Gasteiger partial charge in [-0.05, 0) is 48.1 Å². The lowest BCUT2D eigenvalue weighted by Gasteiger charge is -2.30. The molecule has 0 radical (unpaired) electrons. The van der Waals surface area contributed by atoms with Crippen molar-refractivity contribution in [1.82, 2.24) is 9.97 Å². The molecule has 1 aliphatic carbocycles. The van der Waals surface area contributed by atoms with E-state index in [-0.39, 0.29) is 0 Å². The van der Waals surface area contributed by atoms with E-state index in [1.165, 1.54) is 35.2 Å². The van der Waals surface area contributed by atoms with Gasteiger partial charge in [-0.2, -0.15) is 4.98 Å². The highest BCUT2D eigenvalue weighted by Gasteiger charge is 2.27. The largest absolute Gasteiger partial charge is 0.497 e. The van der Waals surface area contributed by atoms with Crippen LogP contribution in [0.25, 0.3) is 0 Å². The van der Waals surface area contributed by atoms with Gasteiger partial charge in [0.15, 0.2) is 0 Å². The van der Waals surface area contributed by atoms with E-state index in [0.29, 0.717) is 5.92 Å². The van der Waals surface area contributed by atoms with Crippen molar-refractivity contribution < 1.29 is 4.74 Å². The highest BCUT2D eigenvalue weighted by atomic mass is 16.5. The third-order valence-corrected chi connectivity index (χ3v) is 5.77. The first kappa shape index (κ1) is 18.0. The van der Waals surface area contributed by atoms with Crippen LogP contribution in [0.2, 0.25) is 0 Å². The van der Waals surface area contributed by atoms with E-state index in [9.17, 15) is 0 Å². The molecular weight excluding hydrogens is 360 g/mol. The van der Waals surface area contributed by atoms with Crippen molar-refractivity contribution in [2.75, 3.05) is 23.9 Å². The van der Waals surface area contributed by atoms with Gasteiger partial charge in [0.1, 0.15) is 11.6 Å². The number of nitrogens with one attached hydrogen (secondary N) is 1. The maximum Gasteiger partial charge on any atom is 0.225 e. The summed E-state index contributed by atoms with van der Waals surface area (Å²) in [7, 11) is 1.72. The van der Waals surface area contributed by atoms with Crippen molar-refractivity contribution in [1.29, 1.82) is 0 Å². The fraction of sp³-hybridized carbons (Fsp3) is 0.333. The number of nitrogens with zero attached hydrogens (tertiary/aromatic N) is 3.